The van der Waals surface area contributed by atoms with Gasteiger partial charge in [0.05, 0.1) is 0 Å². The van der Waals surface area contributed by atoms with Crippen LogP contribution in [0.15, 0.2) is 24.3 Å². The van der Waals surface area contributed by atoms with Gasteiger partial charge in [-0.05, 0) is 39.7 Å². The Hall–Kier alpha value is -1.42. The van der Waals surface area contributed by atoms with Crippen molar-refractivity contribution in [3.05, 3.63) is 35.6 Å². The number of hydrogen-bond acceptors (Lipinski definition) is 2. The molecule has 0 aromatic heterocycles. The van der Waals surface area contributed by atoms with Crippen LogP contribution in [0.2, 0.25) is 0 Å². The summed E-state index contributed by atoms with van der Waals surface area (Å²) in [7, 11) is 0. The van der Waals surface area contributed by atoms with Gasteiger partial charge in [0.15, 0.2) is 0 Å². The monoisotopic (exact) mass is 279 g/mol. The molecule has 1 atom stereocenters. The summed E-state index contributed by atoms with van der Waals surface area (Å²) in [6.45, 7) is 6.61. The molecule has 0 aliphatic carbocycles. The molecule has 1 amide bonds. The zero-order chi connectivity index (χ0) is 14.8. The molecular weight excluding hydrogens is 257 g/mol. The largest absolute Gasteiger partial charge is 0.365 e. The Labute approximate surface area is 119 Å². The maximum absolute atomic E-state index is 13.8. The molecule has 2 rings (SSSR count). The molecule has 3 nitrogen and oxygen atoms in total. The normalized spacial score (nSPS) is 22.2. The van der Waals surface area contributed by atoms with Crippen molar-refractivity contribution in [1.29, 1.82) is 0 Å². The Kier molecular flexibility index (Phi) is 4.43. The molecule has 1 aliphatic heterocycles. The molecule has 1 aromatic rings. The van der Waals surface area contributed by atoms with Crippen molar-refractivity contribution in [2.75, 3.05) is 6.61 Å². The number of nitrogens with zero attached hydrogens (tertiary/aromatic N) is 1. The molecule has 1 unspecified atom stereocenters. The summed E-state index contributed by atoms with van der Waals surface area (Å²) >= 11 is 0. The number of rotatable bonds is 4. The summed E-state index contributed by atoms with van der Waals surface area (Å²) in [5.74, 6) is -0.323. The molecule has 1 aromatic carbocycles. The zero-order valence-electron chi connectivity index (χ0n) is 12.4. The van der Waals surface area contributed by atoms with Crippen molar-refractivity contribution in [1.82, 2.24) is 4.90 Å². The summed E-state index contributed by atoms with van der Waals surface area (Å²) in [5.41, 5.74) is -0.216. The predicted molar refractivity (Wildman–Crippen MR) is 75.7 cm³/mol. The second kappa shape index (κ2) is 5.92. The first-order valence-corrected chi connectivity index (χ1v) is 7.12. The highest BCUT2D eigenvalue weighted by atomic mass is 19.1. The SMILES string of the molecule is CC(C)N(Cc1ccccc1F)C(=O)C1(C)CCCO1. The van der Waals surface area contributed by atoms with Gasteiger partial charge in [0.25, 0.3) is 5.91 Å². The van der Waals surface area contributed by atoms with E-state index in [4.69, 9.17) is 4.74 Å². The minimum Gasteiger partial charge on any atom is -0.365 e. The van der Waals surface area contributed by atoms with Gasteiger partial charge >= 0.3 is 0 Å². The molecule has 1 fully saturated rings. The fourth-order valence-corrected chi connectivity index (χ4v) is 2.55. The molecular formula is C16H22FNO2. The Morgan fingerprint density at radius 1 is 1.45 bits per heavy atom. The van der Waals surface area contributed by atoms with E-state index in [9.17, 15) is 9.18 Å². The lowest BCUT2D eigenvalue weighted by atomic mass is 9.99. The molecule has 1 aliphatic rings. The van der Waals surface area contributed by atoms with Gasteiger partial charge in [-0.15, -0.1) is 0 Å². The molecule has 1 heterocycles. The number of halogens is 1. The standard InChI is InChI=1S/C16H22FNO2/c1-12(2)18(11-13-7-4-5-8-14(13)17)15(19)16(3)9-6-10-20-16/h4-5,7-8,12H,6,9-11H2,1-3H3. The fraction of sp³-hybridized carbons (Fsp3) is 0.562. The first-order chi connectivity index (χ1) is 9.44. The molecule has 110 valence electrons. The third kappa shape index (κ3) is 3.01. The van der Waals surface area contributed by atoms with Crippen LogP contribution in [0, 0.1) is 5.82 Å². The predicted octanol–water partition coefficient (Wildman–Crippen LogP) is 3.13. The summed E-state index contributed by atoms with van der Waals surface area (Å²) < 4.78 is 19.4. The molecule has 20 heavy (non-hydrogen) atoms. The maximum Gasteiger partial charge on any atom is 0.255 e. The quantitative estimate of drug-likeness (QED) is 0.847. The topological polar surface area (TPSA) is 29.5 Å². The maximum atomic E-state index is 13.8. The van der Waals surface area contributed by atoms with Crippen molar-refractivity contribution in [3.63, 3.8) is 0 Å². The van der Waals surface area contributed by atoms with E-state index >= 15 is 0 Å². The number of amides is 1. The fourth-order valence-electron chi connectivity index (χ4n) is 2.55. The average Bonchev–Trinajstić information content (AvgIpc) is 2.85. The van der Waals surface area contributed by atoms with Gasteiger partial charge in [0.2, 0.25) is 0 Å². The minimum absolute atomic E-state index is 0.00290. The second-order valence-corrected chi connectivity index (χ2v) is 5.80. The Morgan fingerprint density at radius 2 is 2.15 bits per heavy atom. The lowest BCUT2D eigenvalue weighted by Gasteiger charge is -2.34. The van der Waals surface area contributed by atoms with Crippen molar-refractivity contribution < 1.29 is 13.9 Å². The second-order valence-electron chi connectivity index (χ2n) is 5.80. The molecule has 4 heteroatoms. The number of ether oxygens (including phenoxy) is 1. The average molecular weight is 279 g/mol. The highest BCUT2D eigenvalue weighted by molar-refractivity contribution is 5.85. The van der Waals surface area contributed by atoms with Gasteiger partial charge < -0.3 is 9.64 Å². The van der Waals surface area contributed by atoms with E-state index in [1.54, 1.807) is 23.1 Å². The third-order valence-corrected chi connectivity index (χ3v) is 3.85. The zero-order valence-corrected chi connectivity index (χ0v) is 12.4. The lowest BCUT2D eigenvalue weighted by Crippen LogP contribution is -2.49. The van der Waals surface area contributed by atoms with Gasteiger partial charge in [0, 0.05) is 24.8 Å². The first kappa shape index (κ1) is 15.0. The van der Waals surface area contributed by atoms with E-state index in [1.165, 1.54) is 6.07 Å². The van der Waals surface area contributed by atoms with E-state index in [0.717, 1.165) is 12.8 Å². The van der Waals surface area contributed by atoms with Crippen LogP contribution in [-0.4, -0.2) is 29.1 Å². The van der Waals surface area contributed by atoms with Gasteiger partial charge in [0.1, 0.15) is 11.4 Å². The van der Waals surface area contributed by atoms with Gasteiger partial charge in [-0.3, -0.25) is 4.79 Å². The van der Waals surface area contributed by atoms with Crippen LogP contribution in [0.4, 0.5) is 4.39 Å². The summed E-state index contributed by atoms with van der Waals surface area (Å²) in [6.07, 6.45) is 1.63. The van der Waals surface area contributed by atoms with E-state index in [1.807, 2.05) is 20.8 Å². The van der Waals surface area contributed by atoms with Crippen molar-refractivity contribution in [3.8, 4) is 0 Å². The van der Waals surface area contributed by atoms with Crippen LogP contribution in [0.5, 0.6) is 0 Å². The lowest BCUT2D eigenvalue weighted by molar-refractivity contribution is -0.153. The smallest absolute Gasteiger partial charge is 0.255 e. The van der Waals surface area contributed by atoms with Crippen molar-refractivity contribution in [2.24, 2.45) is 0 Å². The summed E-state index contributed by atoms with van der Waals surface area (Å²) in [6, 6.07) is 6.59. The van der Waals surface area contributed by atoms with Crippen LogP contribution in [-0.2, 0) is 16.1 Å². The van der Waals surface area contributed by atoms with E-state index in [-0.39, 0.29) is 24.3 Å². The Balaban J connectivity index is 2.19. The molecule has 0 N–H and O–H groups in total. The molecule has 0 saturated carbocycles. The van der Waals surface area contributed by atoms with Gasteiger partial charge in [-0.25, -0.2) is 4.39 Å². The highest BCUT2D eigenvalue weighted by Crippen LogP contribution is 2.29. The first-order valence-electron chi connectivity index (χ1n) is 7.12. The third-order valence-electron chi connectivity index (χ3n) is 3.85. The van der Waals surface area contributed by atoms with Crippen LogP contribution in [0.3, 0.4) is 0 Å². The summed E-state index contributed by atoms with van der Waals surface area (Å²) in [4.78, 5) is 14.4. The van der Waals surface area contributed by atoms with Crippen molar-refractivity contribution in [2.45, 2.75) is 51.8 Å². The molecule has 0 bridgehead atoms. The van der Waals surface area contributed by atoms with Crippen LogP contribution in [0.25, 0.3) is 0 Å². The van der Waals surface area contributed by atoms with Crippen molar-refractivity contribution >= 4 is 5.91 Å². The Bertz CT molecular complexity index is 481. The van der Waals surface area contributed by atoms with E-state index in [0.29, 0.717) is 12.2 Å². The van der Waals surface area contributed by atoms with Gasteiger partial charge in [-0.1, -0.05) is 18.2 Å². The minimum atomic E-state index is -0.754. The van der Waals surface area contributed by atoms with E-state index in [2.05, 4.69) is 0 Å². The molecule has 0 spiro atoms. The Morgan fingerprint density at radius 3 is 2.70 bits per heavy atom. The summed E-state index contributed by atoms with van der Waals surface area (Å²) in [5, 5.41) is 0. The van der Waals surface area contributed by atoms with E-state index < -0.39 is 5.60 Å². The molecule has 0 radical (unpaired) electrons. The van der Waals surface area contributed by atoms with Crippen LogP contribution < -0.4 is 0 Å². The number of hydrogen-bond donors (Lipinski definition) is 0. The number of benzene rings is 1. The van der Waals surface area contributed by atoms with Crippen LogP contribution >= 0.6 is 0 Å². The number of carbonyl (C=O) groups is 1. The highest BCUT2D eigenvalue weighted by Gasteiger charge is 2.41. The molecule has 1 saturated heterocycles. The van der Waals surface area contributed by atoms with Gasteiger partial charge in [-0.2, -0.15) is 0 Å². The van der Waals surface area contributed by atoms with Crippen LogP contribution in [0.1, 0.15) is 39.2 Å². The number of carbonyl (C=O) groups excluding carboxylic acids is 1.